The molecular formula is C24H23N3O4. The highest BCUT2D eigenvalue weighted by Gasteiger charge is 2.36. The number of imide groups is 1. The first kappa shape index (κ1) is 20.5. The minimum absolute atomic E-state index is 0.0559. The summed E-state index contributed by atoms with van der Waals surface area (Å²) in [5.41, 5.74) is 1.62. The molecule has 0 atom stereocenters. The van der Waals surface area contributed by atoms with Crippen LogP contribution in [0.5, 0.6) is 0 Å². The maximum absolute atomic E-state index is 12.4. The Hall–Kier alpha value is -3.74. The number of likely N-dealkylation sites (tertiary alicyclic amines) is 1. The van der Waals surface area contributed by atoms with Crippen molar-refractivity contribution in [3.8, 4) is 0 Å². The molecule has 7 nitrogen and oxygen atoms in total. The Morgan fingerprint density at radius 3 is 2.10 bits per heavy atom. The zero-order valence-electron chi connectivity index (χ0n) is 17.0. The van der Waals surface area contributed by atoms with Gasteiger partial charge in [0, 0.05) is 25.2 Å². The van der Waals surface area contributed by atoms with Crippen molar-refractivity contribution in [2.75, 3.05) is 19.6 Å². The summed E-state index contributed by atoms with van der Waals surface area (Å²) in [5.74, 6) is -1.31. The average molecular weight is 417 g/mol. The lowest BCUT2D eigenvalue weighted by atomic mass is 10.0. The zero-order chi connectivity index (χ0) is 21.8. The van der Waals surface area contributed by atoms with Crippen molar-refractivity contribution in [2.24, 2.45) is 0 Å². The molecule has 158 valence electrons. The van der Waals surface area contributed by atoms with E-state index in [9.17, 15) is 19.2 Å². The van der Waals surface area contributed by atoms with Crippen LogP contribution < -0.4 is 5.32 Å². The van der Waals surface area contributed by atoms with E-state index in [-0.39, 0.29) is 24.4 Å². The maximum Gasteiger partial charge on any atom is 0.262 e. The lowest BCUT2D eigenvalue weighted by Gasteiger charge is -2.32. The summed E-state index contributed by atoms with van der Waals surface area (Å²) in [7, 11) is 0. The van der Waals surface area contributed by atoms with E-state index in [2.05, 4.69) is 5.32 Å². The second kappa shape index (κ2) is 8.95. The summed E-state index contributed by atoms with van der Waals surface area (Å²) < 4.78 is 0. The average Bonchev–Trinajstić information content (AvgIpc) is 3.03. The molecule has 0 bridgehead atoms. The molecule has 2 aromatic carbocycles. The number of hydrogen-bond acceptors (Lipinski definition) is 4. The van der Waals surface area contributed by atoms with Crippen LogP contribution in [0.2, 0.25) is 0 Å². The highest BCUT2D eigenvalue weighted by Crippen LogP contribution is 2.22. The first-order valence-corrected chi connectivity index (χ1v) is 10.3. The molecule has 2 aliphatic heterocycles. The van der Waals surface area contributed by atoms with Crippen LogP contribution in [0, 0.1) is 0 Å². The molecule has 2 heterocycles. The molecule has 1 N–H and O–H groups in total. The van der Waals surface area contributed by atoms with E-state index in [0.29, 0.717) is 37.1 Å². The van der Waals surface area contributed by atoms with E-state index in [1.165, 1.54) is 0 Å². The van der Waals surface area contributed by atoms with Crippen LogP contribution in [0.1, 0.15) is 39.1 Å². The molecular weight excluding hydrogens is 394 g/mol. The quantitative estimate of drug-likeness (QED) is 0.596. The van der Waals surface area contributed by atoms with Crippen LogP contribution >= 0.6 is 0 Å². The topological polar surface area (TPSA) is 86.8 Å². The molecule has 31 heavy (non-hydrogen) atoms. The number of nitrogens with one attached hydrogen (secondary N) is 1. The van der Waals surface area contributed by atoms with Crippen LogP contribution in [0.3, 0.4) is 0 Å². The van der Waals surface area contributed by atoms with Crippen LogP contribution in [0.25, 0.3) is 6.08 Å². The SMILES string of the molecule is O=C(CN1C(=O)c2ccccc2C1=O)NC1CCN(C(=O)/C=C/c2ccccc2)CC1. The normalized spacial score (nSPS) is 16.6. The number of piperidine rings is 1. The van der Waals surface area contributed by atoms with Crippen molar-refractivity contribution in [1.82, 2.24) is 15.1 Å². The standard InChI is InChI=1S/C24H23N3O4/c28-21(16-27-23(30)19-8-4-5-9-20(19)24(27)31)25-18-12-14-26(15-13-18)22(29)11-10-17-6-2-1-3-7-17/h1-11,18H,12-16H2,(H,25,28)/b11-10+. The van der Waals surface area contributed by atoms with Crippen LogP contribution in [0.15, 0.2) is 60.7 Å². The Labute approximate surface area is 180 Å². The molecule has 1 fully saturated rings. The van der Waals surface area contributed by atoms with Crippen molar-refractivity contribution in [2.45, 2.75) is 18.9 Å². The number of rotatable bonds is 5. The number of fused-ring (bicyclic) bond motifs is 1. The van der Waals surface area contributed by atoms with Gasteiger partial charge in [-0.2, -0.15) is 0 Å². The molecule has 4 rings (SSSR count). The van der Waals surface area contributed by atoms with Gasteiger partial charge >= 0.3 is 0 Å². The van der Waals surface area contributed by atoms with Gasteiger partial charge in [0.15, 0.2) is 0 Å². The molecule has 2 aliphatic rings. The van der Waals surface area contributed by atoms with Crippen molar-refractivity contribution >= 4 is 29.7 Å². The van der Waals surface area contributed by atoms with E-state index < -0.39 is 11.8 Å². The van der Waals surface area contributed by atoms with Crippen molar-refractivity contribution in [3.05, 3.63) is 77.4 Å². The van der Waals surface area contributed by atoms with Gasteiger partial charge < -0.3 is 10.2 Å². The van der Waals surface area contributed by atoms with Crippen molar-refractivity contribution < 1.29 is 19.2 Å². The highest BCUT2D eigenvalue weighted by atomic mass is 16.2. The van der Waals surface area contributed by atoms with Gasteiger partial charge in [-0.05, 0) is 36.6 Å². The molecule has 2 aromatic rings. The van der Waals surface area contributed by atoms with Gasteiger partial charge in [0.25, 0.3) is 11.8 Å². The summed E-state index contributed by atoms with van der Waals surface area (Å²) in [4.78, 5) is 52.3. The Balaban J connectivity index is 1.25. The maximum atomic E-state index is 12.4. The number of amides is 4. The summed E-state index contributed by atoms with van der Waals surface area (Å²) in [6, 6.07) is 16.1. The number of nitrogens with zero attached hydrogens (tertiary/aromatic N) is 2. The van der Waals surface area contributed by atoms with Gasteiger partial charge in [-0.15, -0.1) is 0 Å². The summed E-state index contributed by atoms with van der Waals surface area (Å²) in [5, 5.41) is 2.89. The van der Waals surface area contributed by atoms with E-state index >= 15 is 0 Å². The smallest absolute Gasteiger partial charge is 0.262 e. The molecule has 1 saturated heterocycles. The lowest BCUT2D eigenvalue weighted by molar-refractivity contribution is -0.127. The Bertz CT molecular complexity index is 1000. The molecule has 0 aliphatic carbocycles. The minimum Gasteiger partial charge on any atom is -0.352 e. The van der Waals surface area contributed by atoms with Gasteiger partial charge in [-0.25, -0.2) is 0 Å². The second-order valence-electron chi connectivity index (χ2n) is 7.65. The van der Waals surface area contributed by atoms with Crippen LogP contribution in [-0.4, -0.2) is 59.1 Å². The number of benzene rings is 2. The van der Waals surface area contributed by atoms with Gasteiger partial charge in [0.1, 0.15) is 6.54 Å². The predicted molar refractivity (Wildman–Crippen MR) is 115 cm³/mol. The number of carbonyl (C=O) groups is 4. The van der Waals surface area contributed by atoms with Crippen molar-refractivity contribution in [3.63, 3.8) is 0 Å². The number of carbonyl (C=O) groups excluding carboxylic acids is 4. The fourth-order valence-corrected chi connectivity index (χ4v) is 3.88. The monoisotopic (exact) mass is 417 g/mol. The predicted octanol–water partition coefficient (Wildman–Crippen LogP) is 2.10. The van der Waals surface area contributed by atoms with E-state index in [4.69, 9.17) is 0 Å². The fourth-order valence-electron chi connectivity index (χ4n) is 3.88. The van der Waals surface area contributed by atoms with Crippen LogP contribution in [0.4, 0.5) is 0 Å². The van der Waals surface area contributed by atoms with Gasteiger partial charge in [-0.3, -0.25) is 24.1 Å². The fraction of sp³-hybridized carbons (Fsp3) is 0.250. The summed E-state index contributed by atoms with van der Waals surface area (Å²) >= 11 is 0. The van der Waals surface area contributed by atoms with Gasteiger partial charge in [0.2, 0.25) is 11.8 Å². The molecule has 0 aromatic heterocycles. The summed E-state index contributed by atoms with van der Waals surface area (Å²) in [6.07, 6.45) is 4.60. The third-order valence-electron chi connectivity index (χ3n) is 5.57. The molecule has 0 unspecified atom stereocenters. The number of hydrogen-bond donors (Lipinski definition) is 1. The lowest BCUT2D eigenvalue weighted by Crippen LogP contribution is -2.49. The van der Waals surface area contributed by atoms with E-state index in [1.54, 1.807) is 41.3 Å². The van der Waals surface area contributed by atoms with Crippen LogP contribution in [-0.2, 0) is 9.59 Å². The van der Waals surface area contributed by atoms with Gasteiger partial charge in [-0.1, -0.05) is 42.5 Å². The molecule has 0 spiro atoms. The minimum atomic E-state index is -0.443. The molecule has 0 saturated carbocycles. The summed E-state index contributed by atoms with van der Waals surface area (Å²) in [6.45, 7) is 0.775. The molecule has 0 radical (unpaired) electrons. The molecule has 4 amide bonds. The highest BCUT2D eigenvalue weighted by molar-refractivity contribution is 6.22. The third-order valence-corrected chi connectivity index (χ3v) is 5.57. The largest absolute Gasteiger partial charge is 0.352 e. The first-order chi connectivity index (χ1) is 15.0. The Morgan fingerprint density at radius 2 is 1.48 bits per heavy atom. The Morgan fingerprint density at radius 1 is 0.903 bits per heavy atom. The second-order valence-corrected chi connectivity index (χ2v) is 7.65. The van der Waals surface area contributed by atoms with E-state index in [1.807, 2.05) is 30.3 Å². The van der Waals surface area contributed by atoms with Gasteiger partial charge in [0.05, 0.1) is 11.1 Å². The third kappa shape index (κ3) is 4.55. The zero-order valence-corrected chi connectivity index (χ0v) is 17.0. The Kier molecular flexibility index (Phi) is 5.93. The van der Waals surface area contributed by atoms with E-state index in [0.717, 1.165) is 10.5 Å². The first-order valence-electron chi connectivity index (χ1n) is 10.3. The molecule has 7 heteroatoms. The van der Waals surface area contributed by atoms with Crippen molar-refractivity contribution in [1.29, 1.82) is 0 Å².